The van der Waals surface area contributed by atoms with Crippen LogP contribution in [0.25, 0.3) is 0 Å². The SMILES string of the molecule is CC=CC(=O)NC1CCCC1. The normalized spacial score (nSPS) is 19.4. The Morgan fingerprint density at radius 1 is 1.45 bits per heavy atom. The van der Waals surface area contributed by atoms with Crippen molar-refractivity contribution in [1.82, 2.24) is 5.32 Å². The largest absolute Gasteiger partial charge is 0.350 e. The first-order valence-electron chi connectivity index (χ1n) is 4.26. The van der Waals surface area contributed by atoms with Gasteiger partial charge in [0.05, 0.1) is 0 Å². The highest BCUT2D eigenvalue weighted by Crippen LogP contribution is 2.17. The van der Waals surface area contributed by atoms with Crippen LogP contribution in [-0.4, -0.2) is 11.9 Å². The first kappa shape index (κ1) is 8.31. The molecule has 0 aromatic heterocycles. The average Bonchev–Trinajstić information content (AvgIpc) is 2.40. The van der Waals surface area contributed by atoms with Gasteiger partial charge in [-0.2, -0.15) is 0 Å². The van der Waals surface area contributed by atoms with Gasteiger partial charge in [-0.15, -0.1) is 0 Å². The summed E-state index contributed by atoms with van der Waals surface area (Å²) in [4.78, 5) is 11.0. The summed E-state index contributed by atoms with van der Waals surface area (Å²) in [5.74, 6) is 0.0550. The molecule has 0 radical (unpaired) electrons. The molecule has 1 aliphatic carbocycles. The van der Waals surface area contributed by atoms with Gasteiger partial charge in [-0.3, -0.25) is 4.79 Å². The second kappa shape index (κ2) is 4.16. The molecule has 0 spiro atoms. The molecule has 1 fully saturated rings. The highest BCUT2D eigenvalue weighted by atomic mass is 16.1. The van der Waals surface area contributed by atoms with E-state index in [2.05, 4.69) is 5.32 Å². The van der Waals surface area contributed by atoms with E-state index in [1.165, 1.54) is 12.8 Å². The van der Waals surface area contributed by atoms with Gasteiger partial charge in [0.2, 0.25) is 5.91 Å². The summed E-state index contributed by atoms with van der Waals surface area (Å²) in [6.45, 7) is 1.86. The standard InChI is InChI=1S/C9H15NO/c1-2-5-9(11)10-8-6-3-4-7-8/h2,5,8H,3-4,6-7H2,1H3,(H,10,11). The molecular formula is C9H15NO. The van der Waals surface area contributed by atoms with Gasteiger partial charge in [-0.1, -0.05) is 18.9 Å². The van der Waals surface area contributed by atoms with Crippen molar-refractivity contribution in [1.29, 1.82) is 0 Å². The monoisotopic (exact) mass is 153 g/mol. The van der Waals surface area contributed by atoms with E-state index in [9.17, 15) is 4.79 Å². The molecule has 0 heterocycles. The van der Waals surface area contributed by atoms with Crippen molar-refractivity contribution >= 4 is 5.91 Å². The Bertz CT molecular complexity index is 157. The molecule has 0 saturated heterocycles. The van der Waals surface area contributed by atoms with Crippen molar-refractivity contribution in [3.05, 3.63) is 12.2 Å². The lowest BCUT2D eigenvalue weighted by Crippen LogP contribution is -2.30. The Hall–Kier alpha value is -0.790. The van der Waals surface area contributed by atoms with Gasteiger partial charge in [0.25, 0.3) is 0 Å². The summed E-state index contributed by atoms with van der Waals surface area (Å²) in [5.41, 5.74) is 0. The number of hydrogen-bond donors (Lipinski definition) is 1. The molecule has 0 aromatic rings. The molecule has 11 heavy (non-hydrogen) atoms. The van der Waals surface area contributed by atoms with E-state index in [4.69, 9.17) is 0 Å². The lowest BCUT2D eigenvalue weighted by molar-refractivity contribution is -0.117. The van der Waals surface area contributed by atoms with Crippen molar-refractivity contribution in [2.75, 3.05) is 0 Å². The van der Waals surface area contributed by atoms with Gasteiger partial charge in [0, 0.05) is 6.04 Å². The van der Waals surface area contributed by atoms with Crippen LogP contribution in [0.15, 0.2) is 12.2 Å². The van der Waals surface area contributed by atoms with Crippen molar-refractivity contribution in [3.8, 4) is 0 Å². The number of rotatable bonds is 2. The summed E-state index contributed by atoms with van der Waals surface area (Å²) >= 11 is 0. The Labute approximate surface area is 67.7 Å². The van der Waals surface area contributed by atoms with Crippen LogP contribution in [0.3, 0.4) is 0 Å². The minimum absolute atomic E-state index is 0.0550. The van der Waals surface area contributed by atoms with Crippen molar-refractivity contribution in [2.24, 2.45) is 0 Å². The number of hydrogen-bond acceptors (Lipinski definition) is 1. The second-order valence-corrected chi connectivity index (χ2v) is 2.99. The Morgan fingerprint density at radius 2 is 2.09 bits per heavy atom. The van der Waals surface area contributed by atoms with E-state index in [0.29, 0.717) is 6.04 Å². The number of carbonyl (C=O) groups excluding carboxylic acids is 1. The van der Waals surface area contributed by atoms with E-state index in [0.717, 1.165) is 12.8 Å². The molecule has 1 saturated carbocycles. The highest BCUT2D eigenvalue weighted by Gasteiger charge is 2.15. The predicted octanol–water partition coefficient (Wildman–Crippen LogP) is 1.62. The number of nitrogens with one attached hydrogen (secondary N) is 1. The summed E-state index contributed by atoms with van der Waals surface area (Å²) in [6, 6.07) is 0.443. The zero-order valence-electron chi connectivity index (χ0n) is 6.97. The average molecular weight is 153 g/mol. The predicted molar refractivity (Wildman–Crippen MR) is 45.2 cm³/mol. The zero-order chi connectivity index (χ0) is 8.10. The Kier molecular flexibility index (Phi) is 3.14. The van der Waals surface area contributed by atoms with E-state index in [-0.39, 0.29) is 5.91 Å². The van der Waals surface area contributed by atoms with Gasteiger partial charge in [-0.25, -0.2) is 0 Å². The van der Waals surface area contributed by atoms with E-state index in [1.54, 1.807) is 12.2 Å². The maximum atomic E-state index is 11.0. The number of carbonyl (C=O) groups is 1. The van der Waals surface area contributed by atoms with Crippen LogP contribution in [0, 0.1) is 0 Å². The molecule has 2 heteroatoms. The molecule has 1 rings (SSSR count). The number of allylic oxidation sites excluding steroid dienone is 1. The fourth-order valence-corrected chi connectivity index (χ4v) is 1.47. The molecule has 1 N–H and O–H groups in total. The lowest BCUT2D eigenvalue weighted by Gasteiger charge is -2.08. The molecule has 2 nitrogen and oxygen atoms in total. The van der Waals surface area contributed by atoms with Crippen molar-refractivity contribution in [3.63, 3.8) is 0 Å². The molecule has 62 valence electrons. The van der Waals surface area contributed by atoms with Gasteiger partial charge in [0.1, 0.15) is 0 Å². The van der Waals surface area contributed by atoms with Gasteiger partial charge in [-0.05, 0) is 25.8 Å². The van der Waals surface area contributed by atoms with Crippen LogP contribution in [0.1, 0.15) is 32.6 Å². The summed E-state index contributed by atoms with van der Waals surface area (Å²) in [7, 11) is 0. The van der Waals surface area contributed by atoms with E-state index in [1.807, 2.05) is 6.92 Å². The second-order valence-electron chi connectivity index (χ2n) is 2.99. The van der Waals surface area contributed by atoms with Crippen LogP contribution < -0.4 is 5.32 Å². The van der Waals surface area contributed by atoms with Crippen molar-refractivity contribution < 1.29 is 4.79 Å². The smallest absolute Gasteiger partial charge is 0.243 e. The topological polar surface area (TPSA) is 29.1 Å². The van der Waals surface area contributed by atoms with E-state index >= 15 is 0 Å². The Balaban J connectivity index is 2.23. The fourth-order valence-electron chi connectivity index (χ4n) is 1.47. The molecular weight excluding hydrogens is 138 g/mol. The lowest BCUT2D eigenvalue weighted by atomic mass is 10.2. The molecule has 0 aromatic carbocycles. The van der Waals surface area contributed by atoms with Crippen LogP contribution in [0.4, 0.5) is 0 Å². The summed E-state index contributed by atoms with van der Waals surface area (Å²) in [6.07, 6.45) is 8.19. The fraction of sp³-hybridized carbons (Fsp3) is 0.667. The maximum Gasteiger partial charge on any atom is 0.243 e. The molecule has 1 amide bonds. The molecule has 0 unspecified atom stereocenters. The Morgan fingerprint density at radius 3 is 2.64 bits per heavy atom. The summed E-state index contributed by atoms with van der Waals surface area (Å²) in [5, 5.41) is 2.95. The van der Waals surface area contributed by atoms with Gasteiger partial charge in [0.15, 0.2) is 0 Å². The molecule has 0 bridgehead atoms. The van der Waals surface area contributed by atoms with Crippen LogP contribution in [0.5, 0.6) is 0 Å². The highest BCUT2D eigenvalue weighted by molar-refractivity contribution is 5.87. The number of amides is 1. The first-order chi connectivity index (χ1) is 5.33. The molecule has 1 aliphatic rings. The minimum atomic E-state index is 0.0550. The van der Waals surface area contributed by atoms with Crippen LogP contribution in [-0.2, 0) is 4.79 Å². The summed E-state index contributed by atoms with van der Waals surface area (Å²) < 4.78 is 0. The van der Waals surface area contributed by atoms with Gasteiger partial charge < -0.3 is 5.32 Å². The molecule has 0 aliphatic heterocycles. The maximum absolute atomic E-state index is 11.0. The van der Waals surface area contributed by atoms with E-state index < -0.39 is 0 Å². The van der Waals surface area contributed by atoms with Crippen molar-refractivity contribution in [2.45, 2.75) is 38.6 Å². The third-order valence-electron chi connectivity index (χ3n) is 2.02. The van der Waals surface area contributed by atoms with Gasteiger partial charge >= 0.3 is 0 Å². The minimum Gasteiger partial charge on any atom is -0.350 e. The molecule has 0 atom stereocenters. The third kappa shape index (κ3) is 2.74. The third-order valence-corrected chi connectivity index (χ3v) is 2.02. The van der Waals surface area contributed by atoms with Crippen LogP contribution in [0.2, 0.25) is 0 Å². The quantitative estimate of drug-likeness (QED) is 0.600. The van der Waals surface area contributed by atoms with Crippen LogP contribution >= 0.6 is 0 Å². The first-order valence-corrected chi connectivity index (χ1v) is 4.26. The zero-order valence-corrected chi connectivity index (χ0v) is 6.97.